The first-order valence-electron chi connectivity index (χ1n) is 13.9. The van der Waals surface area contributed by atoms with Crippen LogP contribution in [0.15, 0.2) is 24.3 Å². The highest BCUT2D eigenvalue weighted by molar-refractivity contribution is 6.01. The van der Waals surface area contributed by atoms with Crippen molar-refractivity contribution in [1.29, 1.82) is 0 Å². The standard InChI is InChI=1S/C29H37N3O5/c1-28(2,3)37-27(35)31-15-12-21(18-8-5-4-6-9-18)24(31)25(33)30-20-10-11-22-19(16-20)17-23-26(34)36-29(32(22)23)13-7-14-29/h10-11,16-18,21,24H,4-9,12-15H2,1-3H3,(H,30,33)/t21-,24-/m0/s1. The normalized spacial score (nSPS) is 25.2. The molecule has 1 spiro atoms. The van der Waals surface area contributed by atoms with Gasteiger partial charge in [0.15, 0.2) is 5.72 Å². The van der Waals surface area contributed by atoms with Crippen LogP contribution in [0.25, 0.3) is 10.9 Å². The zero-order chi connectivity index (χ0) is 25.9. The van der Waals surface area contributed by atoms with Crippen LogP contribution < -0.4 is 5.32 Å². The molecule has 198 valence electrons. The van der Waals surface area contributed by atoms with Gasteiger partial charge in [0, 0.05) is 30.5 Å². The van der Waals surface area contributed by atoms with E-state index in [2.05, 4.69) is 5.32 Å². The SMILES string of the molecule is CC(C)(C)OC(=O)N1CC[C@@H](C2CCCCC2)[C@H]1C(=O)Nc1ccc2c(c1)cc1n2C2(CCC2)OC1=O. The van der Waals surface area contributed by atoms with Crippen LogP contribution in [0.1, 0.15) is 89.0 Å². The average Bonchev–Trinajstić information content (AvgIpc) is 3.50. The molecule has 0 bridgehead atoms. The van der Waals surface area contributed by atoms with Gasteiger partial charge in [-0.15, -0.1) is 0 Å². The number of hydrogen-bond acceptors (Lipinski definition) is 5. The quantitative estimate of drug-likeness (QED) is 0.531. The van der Waals surface area contributed by atoms with Crippen molar-refractivity contribution in [2.75, 3.05) is 11.9 Å². The Morgan fingerprint density at radius 2 is 1.81 bits per heavy atom. The topological polar surface area (TPSA) is 89.9 Å². The largest absolute Gasteiger partial charge is 0.444 e. The van der Waals surface area contributed by atoms with Gasteiger partial charge in [0.25, 0.3) is 0 Å². The van der Waals surface area contributed by atoms with Crippen molar-refractivity contribution >= 4 is 34.6 Å². The number of carbonyl (C=O) groups is 3. The Labute approximate surface area is 217 Å². The number of anilines is 1. The highest BCUT2D eigenvalue weighted by Gasteiger charge is 2.51. The predicted molar refractivity (Wildman–Crippen MR) is 139 cm³/mol. The Hall–Kier alpha value is -3.03. The van der Waals surface area contributed by atoms with E-state index in [-0.39, 0.29) is 17.8 Å². The number of esters is 1. The average molecular weight is 508 g/mol. The van der Waals surface area contributed by atoms with E-state index < -0.39 is 23.5 Å². The lowest BCUT2D eigenvalue weighted by Gasteiger charge is -2.38. The van der Waals surface area contributed by atoms with Crippen molar-refractivity contribution in [2.24, 2.45) is 11.8 Å². The third-order valence-electron chi connectivity index (χ3n) is 8.70. The fourth-order valence-corrected chi connectivity index (χ4v) is 6.91. The summed E-state index contributed by atoms with van der Waals surface area (Å²) in [4.78, 5) is 41.1. The lowest BCUT2D eigenvalue weighted by Crippen LogP contribution is -2.49. The highest BCUT2D eigenvalue weighted by Crippen LogP contribution is 2.48. The number of benzene rings is 1. The van der Waals surface area contributed by atoms with Crippen molar-refractivity contribution in [3.8, 4) is 0 Å². The van der Waals surface area contributed by atoms with E-state index >= 15 is 0 Å². The minimum absolute atomic E-state index is 0.128. The molecule has 0 unspecified atom stereocenters. The maximum absolute atomic E-state index is 13.8. The van der Waals surface area contributed by atoms with E-state index in [9.17, 15) is 14.4 Å². The molecule has 1 aromatic heterocycles. The summed E-state index contributed by atoms with van der Waals surface area (Å²) in [6, 6.07) is 7.05. The molecule has 3 heterocycles. The van der Waals surface area contributed by atoms with E-state index in [0.717, 1.165) is 49.4 Å². The molecule has 3 fully saturated rings. The molecular formula is C29H37N3O5. The van der Waals surface area contributed by atoms with Crippen molar-refractivity contribution in [1.82, 2.24) is 9.47 Å². The third kappa shape index (κ3) is 4.18. The fraction of sp³-hybridized carbons (Fsp3) is 0.621. The minimum Gasteiger partial charge on any atom is -0.444 e. The first kappa shape index (κ1) is 24.3. The Kier molecular flexibility index (Phi) is 5.77. The monoisotopic (exact) mass is 507 g/mol. The Bertz CT molecular complexity index is 1250. The van der Waals surface area contributed by atoms with Crippen molar-refractivity contribution in [3.05, 3.63) is 30.0 Å². The molecule has 4 aliphatic rings. The minimum atomic E-state index is -0.624. The molecular weight excluding hydrogens is 470 g/mol. The molecule has 2 aliphatic carbocycles. The summed E-state index contributed by atoms with van der Waals surface area (Å²) < 4.78 is 13.4. The van der Waals surface area contributed by atoms with E-state index in [1.807, 2.05) is 49.6 Å². The van der Waals surface area contributed by atoms with Crippen LogP contribution in [-0.4, -0.2) is 45.6 Å². The summed E-state index contributed by atoms with van der Waals surface area (Å²) in [5.74, 6) is 0.122. The first-order valence-corrected chi connectivity index (χ1v) is 13.9. The summed E-state index contributed by atoms with van der Waals surface area (Å²) in [7, 11) is 0. The summed E-state index contributed by atoms with van der Waals surface area (Å²) in [6.07, 6.45) is 8.92. The van der Waals surface area contributed by atoms with Crippen molar-refractivity contribution in [2.45, 2.75) is 95.9 Å². The Morgan fingerprint density at radius 3 is 2.49 bits per heavy atom. The van der Waals surface area contributed by atoms with Crippen LogP contribution in [0.2, 0.25) is 0 Å². The van der Waals surface area contributed by atoms with Gasteiger partial charge in [-0.25, -0.2) is 9.59 Å². The second-order valence-electron chi connectivity index (χ2n) is 12.3. The highest BCUT2D eigenvalue weighted by atomic mass is 16.6. The molecule has 2 aliphatic heterocycles. The van der Waals surface area contributed by atoms with E-state index in [0.29, 0.717) is 23.8 Å². The van der Waals surface area contributed by atoms with Gasteiger partial charge >= 0.3 is 12.1 Å². The molecule has 1 saturated heterocycles. The maximum atomic E-state index is 13.8. The number of ether oxygens (including phenoxy) is 2. The lowest BCUT2D eigenvalue weighted by atomic mass is 9.76. The molecule has 8 heteroatoms. The van der Waals surface area contributed by atoms with Gasteiger partial charge in [-0.3, -0.25) is 14.3 Å². The van der Waals surface area contributed by atoms with Gasteiger partial charge in [0.1, 0.15) is 17.3 Å². The smallest absolute Gasteiger partial charge is 0.410 e. The number of hydrogen-bond donors (Lipinski definition) is 1. The summed E-state index contributed by atoms with van der Waals surface area (Å²) in [6.45, 7) is 6.08. The number of carbonyl (C=O) groups excluding carboxylic acids is 3. The molecule has 2 atom stereocenters. The lowest BCUT2D eigenvalue weighted by molar-refractivity contribution is -0.122. The van der Waals surface area contributed by atoms with Gasteiger partial charge in [-0.05, 0) is 69.7 Å². The molecule has 0 radical (unpaired) electrons. The van der Waals surface area contributed by atoms with Crippen LogP contribution in [-0.2, 0) is 20.0 Å². The summed E-state index contributed by atoms with van der Waals surface area (Å²) in [5, 5.41) is 4.00. The number of nitrogens with zero attached hydrogens (tertiary/aromatic N) is 2. The van der Waals surface area contributed by atoms with Gasteiger partial charge in [-0.1, -0.05) is 32.1 Å². The second kappa shape index (κ2) is 8.77. The molecule has 1 aromatic carbocycles. The molecule has 1 N–H and O–H groups in total. The first-order chi connectivity index (χ1) is 17.7. The molecule has 37 heavy (non-hydrogen) atoms. The number of aromatic nitrogens is 1. The maximum Gasteiger partial charge on any atom is 0.410 e. The number of likely N-dealkylation sites (tertiary alicyclic amines) is 1. The van der Waals surface area contributed by atoms with Crippen LogP contribution in [0.4, 0.5) is 10.5 Å². The van der Waals surface area contributed by atoms with Crippen LogP contribution >= 0.6 is 0 Å². The number of rotatable bonds is 3. The number of amides is 2. The zero-order valence-electron chi connectivity index (χ0n) is 22.0. The molecule has 2 amide bonds. The van der Waals surface area contributed by atoms with Crippen LogP contribution in [0.5, 0.6) is 0 Å². The fourth-order valence-electron chi connectivity index (χ4n) is 6.91. The third-order valence-corrected chi connectivity index (χ3v) is 8.70. The summed E-state index contributed by atoms with van der Waals surface area (Å²) in [5.41, 5.74) is 1.01. The van der Waals surface area contributed by atoms with Gasteiger partial charge < -0.3 is 14.8 Å². The van der Waals surface area contributed by atoms with Gasteiger partial charge in [-0.2, -0.15) is 0 Å². The Morgan fingerprint density at radius 1 is 1.05 bits per heavy atom. The molecule has 8 nitrogen and oxygen atoms in total. The molecule has 6 rings (SSSR count). The summed E-state index contributed by atoms with van der Waals surface area (Å²) >= 11 is 0. The van der Waals surface area contributed by atoms with E-state index in [1.165, 1.54) is 19.3 Å². The Balaban J connectivity index is 1.27. The number of nitrogens with one attached hydrogen (secondary N) is 1. The molecule has 2 aromatic rings. The predicted octanol–water partition coefficient (Wildman–Crippen LogP) is 5.79. The van der Waals surface area contributed by atoms with Crippen LogP contribution in [0.3, 0.4) is 0 Å². The van der Waals surface area contributed by atoms with Crippen molar-refractivity contribution in [3.63, 3.8) is 0 Å². The van der Waals surface area contributed by atoms with E-state index in [4.69, 9.17) is 9.47 Å². The van der Waals surface area contributed by atoms with Crippen molar-refractivity contribution < 1.29 is 23.9 Å². The second-order valence-corrected chi connectivity index (χ2v) is 12.3. The van der Waals surface area contributed by atoms with Gasteiger partial charge in [0.2, 0.25) is 5.91 Å². The van der Waals surface area contributed by atoms with Gasteiger partial charge in [0.05, 0.1) is 5.52 Å². The number of fused-ring (bicyclic) bond motifs is 4. The zero-order valence-corrected chi connectivity index (χ0v) is 22.0. The molecule has 2 saturated carbocycles. The van der Waals surface area contributed by atoms with Crippen LogP contribution in [0, 0.1) is 11.8 Å². The van der Waals surface area contributed by atoms with E-state index in [1.54, 1.807) is 4.90 Å².